The molecule has 0 spiro atoms. The minimum absolute atomic E-state index is 0.0236. The molecule has 172 valence electrons. The lowest BCUT2D eigenvalue weighted by molar-refractivity contribution is -0.144. The van der Waals surface area contributed by atoms with Crippen LogP contribution in [0.3, 0.4) is 0 Å². The van der Waals surface area contributed by atoms with Gasteiger partial charge < -0.3 is 20.2 Å². The summed E-state index contributed by atoms with van der Waals surface area (Å²) in [5.74, 6) is -0.635. The van der Waals surface area contributed by atoms with Gasteiger partial charge in [0.2, 0.25) is 0 Å². The standard InChI is InChI=1S/C22H18F3N3O5/c23-22(24,25)17-4-2-1-3-15(17)18-7-12-5-6-13(8-16(12)20(30)27-18)28-10-14(33-21(28)31)11-32-19(29)9-26/h1-8,14H,9-11,26H2,(H,27,30)/t14-/m1/s1. The minimum atomic E-state index is -4.59. The van der Waals surface area contributed by atoms with Gasteiger partial charge in [-0.05, 0) is 29.7 Å². The van der Waals surface area contributed by atoms with Crippen LogP contribution in [0.25, 0.3) is 22.0 Å². The van der Waals surface area contributed by atoms with Crippen molar-refractivity contribution in [3.8, 4) is 11.3 Å². The second-order valence-corrected chi connectivity index (χ2v) is 7.33. The molecule has 1 fully saturated rings. The number of H-pyrrole nitrogens is 1. The number of amides is 1. The number of ether oxygens (including phenoxy) is 2. The summed E-state index contributed by atoms with van der Waals surface area (Å²) < 4.78 is 50.2. The molecule has 0 unspecified atom stereocenters. The van der Waals surface area contributed by atoms with E-state index in [0.717, 1.165) is 6.07 Å². The van der Waals surface area contributed by atoms with Crippen molar-refractivity contribution in [2.45, 2.75) is 12.3 Å². The summed E-state index contributed by atoms with van der Waals surface area (Å²) in [4.78, 5) is 39.9. The first kappa shape index (κ1) is 22.3. The van der Waals surface area contributed by atoms with E-state index in [1.807, 2.05) is 0 Å². The zero-order valence-corrected chi connectivity index (χ0v) is 17.0. The van der Waals surface area contributed by atoms with E-state index in [0.29, 0.717) is 11.1 Å². The smallest absolute Gasteiger partial charge is 0.417 e. The molecule has 1 saturated heterocycles. The summed E-state index contributed by atoms with van der Waals surface area (Å²) in [6.45, 7) is -0.376. The van der Waals surface area contributed by atoms with Gasteiger partial charge in [0.25, 0.3) is 5.56 Å². The van der Waals surface area contributed by atoms with Crippen molar-refractivity contribution in [3.05, 3.63) is 64.4 Å². The number of aromatic nitrogens is 1. The quantitative estimate of drug-likeness (QED) is 0.565. The van der Waals surface area contributed by atoms with Gasteiger partial charge in [0, 0.05) is 22.3 Å². The average Bonchev–Trinajstić information content (AvgIpc) is 3.17. The number of hydrogen-bond donors (Lipinski definition) is 2. The Hall–Kier alpha value is -3.86. The number of nitrogens with zero attached hydrogens (tertiary/aromatic N) is 1. The molecule has 11 heteroatoms. The number of fused-ring (bicyclic) bond motifs is 1. The zero-order valence-electron chi connectivity index (χ0n) is 17.0. The molecule has 1 atom stereocenters. The van der Waals surface area contributed by atoms with Crippen LogP contribution in [0, 0.1) is 0 Å². The van der Waals surface area contributed by atoms with Crippen molar-refractivity contribution in [1.82, 2.24) is 4.98 Å². The number of rotatable bonds is 5. The number of halogens is 3. The van der Waals surface area contributed by atoms with Gasteiger partial charge >= 0.3 is 18.2 Å². The van der Waals surface area contributed by atoms with E-state index < -0.39 is 35.5 Å². The molecule has 1 aliphatic rings. The van der Waals surface area contributed by atoms with E-state index in [1.54, 1.807) is 6.07 Å². The van der Waals surface area contributed by atoms with Crippen molar-refractivity contribution >= 4 is 28.5 Å². The van der Waals surface area contributed by atoms with Crippen LogP contribution in [0.1, 0.15) is 5.56 Å². The fourth-order valence-electron chi connectivity index (χ4n) is 3.59. The minimum Gasteiger partial charge on any atom is -0.461 e. The Morgan fingerprint density at radius 1 is 1.18 bits per heavy atom. The van der Waals surface area contributed by atoms with Gasteiger partial charge in [-0.2, -0.15) is 13.2 Å². The lowest BCUT2D eigenvalue weighted by Gasteiger charge is -2.15. The fourth-order valence-corrected chi connectivity index (χ4v) is 3.59. The first-order chi connectivity index (χ1) is 15.7. The highest BCUT2D eigenvalue weighted by Crippen LogP contribution is 2.36. The number of pyridine rings is 1. The molecule has 3 aromatic rings. The summed E-state index contributed by atoms with van der Waals surface area (Å²) in [6, 6.07) is 10.9. The highest BCUT2D eigenvalue weighted by Gasteiger charge is 2.34. The predicted octanol–water partition coefficient (Wildman–Crippen LogP) is 3.04. The third kappa shape index (κ3) is 4.53. The Labute approximate surface area is 184 Å². The number of carbonyl (C=O) groups is 2. The van der Waals surface area contributed by atoms with E-state index >= 15 is 0 Å². The lowest BCUT2D eigenvalue weighted by atomic mass is 10.0. The molecular weight excluding hydrogens is 443 g/mol. The molecule has 0 radical (unpaired) electrons. The lowest BCUT2D eigenvalue weighted by Crippen LogP contribution is -2.28. The number of hydrogen-bond acceptors (Lipinski definition) is 6. The highest BCUT2D eigenvalue weighted by atomic mass is 19.4. The first-order valence-electron chi connectivity index (χ1n) is 9.85. The summed E-state index contributed by atoms with van der Waals surface area (Å²) in [5, 5.41) is 0.585. The highest BCUT2D eigenvalue weighted by molar-refractivity contribution is 5.94. The maximum Gasteiger partial charge on any atom is 0.417 e. The number of aromatic amines is 1. The molecule has 33 heavy (non-hydrogen) atoms. The Morgan fingerprint density at radius 2 is 1.94 bits per heavy atom. The summed E-state index contributed by atoms with van der Waals surface area (Å²) >= 11 is 0. The molecule has 8 nitrogen and oxygen atoms in total. The zero-order chi connectivity index (χ0) is 23.8. The van der Waals surface area contributed by atoms with Crippen LogP contribution in [-0.2, 0) is 20.4 Å². The Balaban J connectivity index is 1.64. The van der Waals surface area contributed by atoms with Crippen LogP contribution in [0.15, 0.2) is 53.3 Å². The second kappa shape index (κ2) is 8.58. The molecule has 1 amide bonds. The third-order valence-electron chi connectivity index (χ3n) is 5.13. The van der Waals surface area contributed by atoms with Crippen molar-refractivity contribution in [2.24, 2.45) is 5.73 Å². The number of nitrogens with two attached hydrogens (primary N) is 1. The molecule has 2 heterocycles. The molecule has 2 aromatic carbocycles. The van der Waals surface area contributed by atoms with Crippen molar-refractivity contribution in [1.29, 1.82) is 0 Å². The van der Waals surface area contributed by atoms with Gasteiger partial charge in [-0.3, -0.25) is 14.5 Å². The number of alkyl halides is 3. The topological polar surface area (TPSA) is 115 Å². The van der Waals surface area contributed by atoms with Crippen LogP contribution >= 0.6 is 0 Å². The van der Waals surface area contributed by atoms with Gasteiger partial charge in [-0.25, -0.2) is 4.79 Å². The number of carbonyl (C=O) groups excluding carboxylic acids is 2. The van der Waals surface area contributed by atoms with E-state index in [9.17, 15) is 27.6 Å². The van der Waals surface area contributed by atoms with E-state index in [4.69, 9.17) is 15.2 Å². The van der Waals surface area contributed by atoms with Crippen molar-refractivity contribution < 1.29 is 32.2 Å². The number of nitrogens with one attached hydrogen (secondary N) is 1. The normalized spacial score (nSPS) is 16.2. The van der Waals surface area contributed by atoms with Gasteiger partial charge in [0.05, 0.1) is 18.7 Å². The van der Waals surface area contributed by atoms with Gasteiger partial charge in [0.1, 0.15) is 6.61 Å². The van der Waals surface area contributed by atoms with Crippen LogP contribution in [0.5, 0.6) is 0 Å². The molecule has 0 saturated carbocycles. The van der Waals surface area contributed by atoms with Gasteiger partial charge in [-0.1, -0.05) is 24.3 Å². The molecule has 4 rings (SSSR count). The van der Waals surface area contributed by atoms with Crippen molar-refractivity contribution in [3.63, 3.8) is 0 Å². The Morgan fingerprint density at radius 3 is 2.67 bits per heavy atom. The summed E-state index contributed by atoms with van der Waals surface area (Å²) in [5.41, 5.74) is 3.93. The fraction of sp³-hybridized carbons (Fsp3) is 0.227. The molecular formula is C22H18F3N3O5. The molecule has 1 aromatic heterocycles. The van der Waals surface area contributed by atoms with E-state index in [-0.39, 0.29) is 36.3 Å². The number of cyclic esters (lactones) is 1. The number of esters is 1. The van der Waals surface area contributed by atoms with Gasteiger partial charge in [0.15, 0.2) is 6.10 Å². The predicted molar refractivity (Wildman–Crippen MR) is 113 cm³/mol. The summed E-state index contributed by atoms with van der Waals surface area (Å²) in [6.07, 6.45) is -5.98. The summed E-state index contributed by atoms with van der Waals surface area (Å²) in [7, 11) is 0. The number of anilines is 1. The maximum absolute atomic E-state index is 13.4. The van der Waals surface area contributed by atoms with Crippen LogP contribution in [0.2, 0.25) is 0 Å². The van der Waals surface area contributed by atoms with Crippen LogP contribution in [0.4, 0.5) is 23.7 Å². The van der Waals surface area contributed by atoms with Crippen LogP contribution in [-0.4, -0.2) is 42.8 Å². The third-order valence-corrected chi connectivity index (χ3v) is 5.13. The maximum atomic E-state index is 13.4. The Bertz CT molecular complexity index is 1290. The largest absolute Gasteiger partial charge is 0.461 e. The van der Waals surface area contributed by atoms with Gasteiger partial charge in [-0.15, -0.1) is 0 Å². The van der Waals surface area contributed by atoms with E-state index in [1.165, 1.54) is 41.3 Å². The second-order valence-electron chi connectivity index (χ2n) is 7.33. The first-order valence-corrected chi connectivity index (χ1v) is 9.85. The average molecular weight is 461 g/mol. The monoisotopic (exact) mass is 461 g/mol. The van der Waals surface area contributed by atoms with Crippen LogP contribution < -0.4 is 16.2 Å². The molecule has 0 aliphatic carbocycles. The number of benzene rings is 2. The molecule has 0 bridgehead atoms. The van der Waals surface area contributed by atoms with Crippen molar-refractivity contribution in [2.75, 3.05) is 24.6 Å². The Kier molecular flexibility index (Phi) is 5.81. The molecule has 3 N–H and O–H groups in total. The van der Waals surface area contributed by atoms with E-state index in [2.05, 4.69) is 4.98 Å². The molecule has 1 aliphatic heterocycles. The SMILES string of the molecule is NCC(=O)OC[C@H]1CN(c2ccc3cc(-c4ccccc4C(F)(F)F)[nH]c(=O)c3c2)C(=O)O1.